The van der Waals surface area contributed by atoms with Crippen LogP contribution in [-0.2, 0) is 16.8 Å². The Morgan fingerprint density at radius 1 is 1.15 bits per heavy atom. The first-order valence-corrected chi connectivity index (χ1v) is 9.53. The van der Waals surface area contributed by atoms with Crippen molar-refractivity contribution >= 4 is 12.1 Å². The van der Waals surface area contributed by atoms with Crippen LogP contribution >= 0.6 is 0 Å². The number of aromatic nitrogens is 1. The van der Waals surface area contributed by atoms with E-state index < -0.39 is 0 Å². The van der Waals surface area contributed by atoms with Gasteiger partial charge in [-0.15, -0.1) is 0 Å². The SMILES string of the molecule is Cc1oc(N2CCCN(C(=O)OCc3ccccc3)CC2)nc1C(C)(C)C. The number of hydrogen-bond acceptors (Lipinski definition) is 5. The molecular formula is C21H29N3O3. The van der Waals surface area contributed by atoms with Crippen molar-refractivity contribution in [2.45, 2.75) is 46.1 Å². The Kier molecular flexibility index (Phi) is 5.73. The van der Waals surface area contributed by atoms with Crippen LogP contribution in [0.5, 0.6) is 0 Å². The summed E-state index contributed by atoms with van der Waals surface area (Å²) >= 11 is 0. The summed E-state index contributed by atoms with van der Waals surface area (Å²) in [6.45, 7) is 11.4. The molecule has 1 aromatic carbocycles. The van der Waals surface area contributed by atoms with Gasteiger partial charge < -0.3 is 19.0 Å². The number of aryl methyl sites for hydroxylation is 1. The summed E-state index contributed by atoms with van der Waals surface area (Å²) in [6, 6.07) is 10.4. The maximum Gasteiger partial charge on any atom is 0.410 e. The van der Waals surface area contributed by atoms with Gasteiger partial charge in [0, 0.05) is 31.6 Å². The van der Waals surface area contributed by atoms with Crippen LogP contribution in [-0.4, -0.2) is 42.2 Å². The molecular weight excluding hydrogens is 342 g/mol. The highest BCUT2D eigenvalue weighted by Crippen LogP contribution is 2.29. The van der Waals surface area contributed by atoms with Crippen molar-refractivity contribution < 1.29 is 13.9 Å². The molecule has 0 unspecified atom stereocenters. The minimum absolute atomic E-state index is 0.0506. The lowest BCUT2D eigenvalue weighted by molar-refractivity contribution is 0.0986. The predicted octanol–water partition coefficient (Wildman–Crippen LogP) is 4.13. The van der Waals surface area contributed by atoms with Gasteiger partial charge in [-0.2, -0.15) is 4.98 Å². The number of ether oxygens (including phenoxy) is 1. The molecule has 0 radical (unpaired) electrons. The van der Waals surface area contributed by atoms with Crippen LogP contribution < -0.4 is 4.90 Å². The average Bonchev–Trinajstić information content (AvgIpc) is 2.88. The minimum Gasteiger partial charge on any atom is -0.445 e. The van der Waals surface area contributed by atoms with E-state index in [0.29, 0.717) is 32.3 Å². The van der Waals surface area contributed by atoms with Gasteiger partial charge in [0.15, 0.2) is 0 Å². The smallest absolute Gasteiger partial charge is 0.410 e. The molecule has 3 rings (SSSR count). The number of carbonyl (C=O) groups is 1. The number of hydrogen-bond donors (Lipinski definition) is 0. The molecule has 6 heteroatoms. The number of amides is 1. The van der Waals surface area contributed by atoms with Crippen LogP contribution in [0, 0.1) is 6.92 Å². The van der Waals surface area contributed by atoms with Gasteiger partial charge in [-0.05, 0) is 18.9 Å². The van der Waals surface area contributed by atoms with Gasteiger partial charge in [-0.1, -0.05) is 51.1 Å². The van der Waals surface area contributed by atoms with Gasteiger partial charge in [0.2, 0.25) is 0 Å². The largest absolute Gasteiger partial charge is 0.445 e. The highest BCUT2D eigenvalue weighted by Gasteiger charge is 2.27. The quantitative estimate of drug-likeness (QED) is 0.812. The molecule has 1 amide bonds. The summed E-state index contributed by atoms with van der Waals surface area (Å²) in [5, 5.41) is 0. The first kappa shape index (κ1) is 19.3. The Labute approximate surface area is 161 Å². The molecule has 1 aromatic heterocycles. The third-order valence-corrected chi connectivity index (χ3v) is 4.73. The average molecular weight is 371 g/mol. The van der Waals surface area contributed by atoms with E-state index in [-0.39, 0.29) is 11.5 Å². The number of anilines is 1. The topological polar surface area (TPSA) is 58.8 Å². The monoisotopic (exact) mass is 371 g/mol. The Morgan fingerprint density at radius 2 is 1.89 bits per heavy atom. The summed E-state index contributed by atoms with van der Waals surface area (Å²) in [5.74, 6) is 0.862. The zero-order valence-corrected chi connectivity index (χ0v) is 16.7. The maximum absolute atomic E-state index is 12.4. The van der Waals surface area contributed by atoms with Gasteiger partial charge in [0.25, 0.3) is 6.01 Å². The Balaban J connectivity index is 1.58. The summed E-state index contributed by atoms with van der Waals surface area (Å²) in [4.78, 5) is 21.0. The second kappa shape index (κ2) is 8.03. The molecule has 1 fully saturated rings. The van der Waals surface area contributed by atoms with Gasteiger partial charge in [0.05, 0.1) is 5.69 Å². The normalized spacial score (nSPS) is 15.6. The van der Waals surface area contributed by atoms with E-state index in [2.05, 4.69) is 25.7 Å². The van der Waals surface area contributed by atoms with Crippen molar-refractivity contribution in [3.63, 3.8) is 0 Å². The van der Waals surface area contributed by atoms with E-state index in [1.54, 1.807) is 4.90 Å². The molecule has 0 atom stereocenters. The van der Waals surface area contributed by atoms with Crippen molar-refractivity contribution in [2.75, 3.05) is 31.1 Å². The molecule has 2 aromatic rings. The second-order valence-electron chi connectivity index (χ2n) is 8.02. The molecule has 1 saturated heterocycles. The van der Waals surface area contributed by atoms with Gasteiger partial charge in [-0.3, -0.25) is 0 Å². The molecule has 1 aliphatic heterocycles. The summed E-state index contributed by atoms with van der Waals surface area (Å²) in [5.41, 5.74) is 1.93. The third kappa shape index (κ3) is 4.81. The van der Waals surface area contributed by atoms with Crippen molar-refractivity contribution in [3.8, 4) is 0 Å². The lowest BCUT2D eigenvalue weighted by Gasteiger charge is -2.21. The van der Waals surface area contributed by atoms with E-state index in [1.165, 1.54) is 0 Å². The fourth-order valence-electron chi connectivity index (χ4n) is 3.32. The van der Waals surface area contributed by atoms with Crippen LogP contribution in [0.25, 0.3) is 0 Å². The van der Waals surface area contributed by atoms with Gasteiger partial charge >= 0.3 is 6.09 Å². The molecule has 0 spiro atoms. The van der Waals surface area contributed by atoms with Gasteiger partial charge in [-0.25, -0.2) is 4.79 Å². The number of nitrogens with zero attached hydrogens (tertiary/aromatic N) is 3. The van der Waals surface area contributed by atoms with Crippen LogP contribution in [0.3, 0.4) is 0 Å². The van der Waals surface area contributed by atoms with Gasteiger partial charge in [0.1, 0.15) is 12.4 Å². The summed E-state index contributed by atoms with van der Waals surface area (Å²) in [6.07, 6.45) is 0.590. The first-order chi connectivity index (χ1) is 12.8. The lowest BCUT2D eigenvalue weighted by atomic mass is 9.91. The van der Waals surface area contributed by atoms with Crippen LogP contribution in [0.1, 0.15) is 44.2 Å². The Hall–Kier alpha value is -2.50. The van der Waals surface area contributed by atoms with E-state index in [1.807, 2.05) is 37.3 Å². The van der Waals surface area contributed by atoms with Crippen LogP contribution in [0.4, 0.5) is 10.8 Å². The third-order valence-electron chi connectivity index (χ3n) is 4.73. The number of oxazole rings is 1. The fourth-order valence-corrected chi connectivity index (χ4v) is 3.32. The van der Waals surface area contributed by atoms with Crippen molar-refractivity contribution in [2.24, 2.45) is 0 Å². The standard InChI is InChI=1S/C21H29N3O3/c1-16-18(21(2,3)4)22-19(27-16)23-11-8-12-24(14-13-23)20(25)26-15-17-9-6-5-7-10-17/h5-7,9-10H,8,11-15H2,1-4H3. The summed E-state index contributed by atoms with van der Waals surface area (Å²) < 4.78 is 11.4. The second-order valence-corrected chi connectivity index (χ2v) is 8.02. The zero-order valence-electron chi connectivity index (χ0n) is 16.7. The number of rotatable bonds is 3. The van der Waals surface area contributed by atoms with Crippen molar-refractivity contribution in [3.05, 3.63) is 47.3 Å². The maximum atomic E-state index is 12.4. The lowest BCUT2D eigenvalue weighted by Crippen LogP contribution is -2.35. The number of carbonyl (C=O) groups excluding carboxylic acids is 1. The summed E-state index contributed by atoms with van der Waals surface area (Å²) in [7, 11) is 0. The highest BCUT2D eigenvalue weighted by molar-refractivity contribution is 5.67. The first-order valence-electron chi connectivity index (χ1n) is 9.53. The molecule has 0 bridgehead atoms. The molecule has 6 nitrogen and oxygen atoms in total. The molecule has 27 heavy (non-hydrogen) atoms. The van der Waals surface area contributed by atoms with Crippen molar-refractivity contribution in [1.82, 2.24) is 9.88 Å². The minimum atomic E-state index is -0.264. The zero-order chi connectivity index (χ0) is 19.4. The van der Waals surface area contributed by atoms with E-state index >= 15 is 0 Å². The molecule has 146 valence electrons. The Bertz CT molecular complexity index is 765. The molecule has 1 aliphatic rings. The van der Waals surface area contributed by atoms with E-state index in [0.717, 1.165) is 30.0 Å². The molecule has 0 N–H and O–H groups in total. The molecule has 0 aliphatic carbocycles. The van der Waals surface area contributed by atoms with Crippen LogP contribution in [0.15, 0.2) is 34.7 Å². The van der Waals surface area contributed by atoms with Crippen molar-refractivity contribution in [1.29, 1.82) is 0 Å². The predicted molar refractivity (Wildman–Crippen MR) is 105 cm³/mol. The number of benzene rings is 1. The fraction of sp³-hybridized carbons (Fsp3) is 0.524. The van der Waals surface area contributed by atoms with E-state index in [9.17, 15) is 4.79 Å². The molecule has 2 heterocycles. The van der Waals surface area contributed by atoms with Crippen LogP contribution in [0.2, 0.25) is 0 Å². The Morgan fingerprint density at radius 3 is 2.56 bits per heavy atom. The highest BCUT2D eigenvalue weighted by atomic mass is 16.6. The van der Waals surface area contributed by atoms with E-state index in [4.69, 9.17) is 14.1 Å². The molecule has 0 saturated carbocycles.